The van der Waals surface area contributed by atoms with Gasteiger partial charge in [-0.3, -0.25) is 10.1 Å². The molecule has 3 aromatic carbocycles. The van der Waals surface area contributed by atoms with Crippen molar-refractivity contribution in [2.75, 3.05) is 5.32 Å². The number of amides is 1. The fourth-order valence-electron chi connectivity index (χ4n) is 3.62. The molecule has 8 heteroatoms. The molecule has 0 bridgehead atoms. The predicted octanol–water partition coefficient (Wildman–Crippen LogP) is 6.07. The number of anilines is 1. The van der Waals surface area contributed by atoms with Crippen LogP contribution in [-0.4, -0.2) is 32.1 Å². The summed E-state index contributed by atoms with van der Waals surface area (Å²) in [6.07, 6.45) is 4.47. The number of aryl methyl sites for hydroxylation is 1. The van der Waals surface area contributed by atoms with E-state index in [1.54, 1.807) is 29.1 Å². The summed E-state index contributed by atoms with van der Waals surface area (Å²) in [6.45, 7) is 6.27. The minimum absolute atomic E-state index is 0.122. The normalized spacial score (nSPS) is 11.8. The second-order valence-electron chi connectivity index (χ2n) is 8.73. The van der Waals surface area contributed by atoms with Gasteiger partial charge < -0.3 is 10.1 Å². The molecule has 1 heterocycles. The molecule has 0 spiro atoms. The average Bonchev–Trinajstić information content (AvgIpc) is 3.31. The molecule has 0 aliphatic heterocycles. The highest BCUT2D eigenvalue weighted by Gasteiger charge is 2.11. The average molecular weight is 502 g/mol. The number of carbonyl (C=O) groups is 1. The molecule has 0 saturated heterocycles. The molecule has 0 fully saturated rings. The summed E-state index contributed by atoms with van der Waals surface area (Å²) in [6, 6.07) is 20.9. The number of ether oxygens (including phenoxy) is 1. The zero-order valence-corrected chi connectivity index (χ0v) is 21.6. The Balaban J connectivity index is 1.38. The van der Waals surface area contributed by atoms with Crippen molar-refractivity contribution in [3.05, 3.63) is 77.9 Å². The number of carbonyl (C=O) groups excluding carboxylic acids is 1. The van der Waals surface area contributed by atoms with Gasteiger partial charge in [0.2, 0.25) is 0 Å². The summed E-state index contributed by atoms with van der Waals surface area (Å²) in [7, 11) is 0. The van der Waals surface area contributed by atoms with Crippen molar-refractivity contribution in [2.45, 2.75) is 52.6 Å². The number of aromatic nitrogens is 3. The molecule has 1 amide bonds. The van der Waals surface area contributed by atoms with E-state index in [0.717, 1.165) is 35.3 Å². The number of hydrogen-bond acceptors (Lipinski definition) is 5. The zero-order valence-electron chi connectivity index (χ0n) is 20.8. The van der Waals surface area contributed by atoms with Gasteiger partial charge in [0.25, 0.3) is 5.91 Å². The first-order valence-electron chi connectivity index (χ1n) is 12.3. The molecule has 0 radical (unpaired) electrons. The van der Waals surface area contributed by atoms with Crippen molar-refractivity contribution in [2.24, 2.45) is 0 Å². The molecule has 0 aliphatic carbocycles. The standard InChI is InChI=1S/C28H31N5O2S/c1-4-6-7-20-8-13-23(14-9-20)33-31-25-17-12-22(18-26(25)32-33)29-28(36)30-27(34)21-10-15-24(16-11-21)35-19(3)5-2/h8-19H,4-7H2,1-3H3,(H2,29,30,34,36)/t19-/m0/s1. The number of hydrogen-bond donors (Lipinski definition) is 2. The molecule has 4 aromatic rings. The highest BCUT2D eigenvalue weighted by molar-refractivity contribution is 7.80. The highest BCUT2D eigenvalue weighted by Crippen LogP contribution is 2.19. The Morgan fingerprint density at radius 1 is 1.00 bits per heavy atom. The van der Waals surface area contributed by atoms with Crippen molar-refractivity contribution < 1.29 is 9.53 Å². The van der Waals surface area contributed by atoms with Crippen LogP contribution in [0, 0.1) is 0 Å². The number of nitrogens with one attached hydrogen (secondary N) is 2. The van der Waals surface area contributed by atoms with Crippen LogP contribution in [0.5, 0.6) is 5.75 Å². The van der Waals surface area contributed by atoms with E-state index in [1.165, 1.54) is 18.4 Å². The van der Waals surface area contributed by atoms with E-state index in [-0.39, 0.29) is 17.1 Å². The van der Waals surface area contributed by atoms with Crippen LogP contribution in [0.25, 0.3) is 16.7 Å². The predicted molar refractivity (Wildman–Crippen MR) is 148 cm³/mol. The van der Waals surface area contributed by atoms with E-state index in [2.05, 4.69) is 46.8 Å². The van der Waals surface area contributed by atoms with Crippen LogP contribution in [0.2, 0.25) is 0 Å². The monoisotopic (exact) mass is 501 g/mol. The Hall–Kier alpha value is -3.78. The van der Waals surface area contributed by atoms with Crippen molar-refractivity contribution in [3.63, 3.8) is 0 Å². The summed E-state index contributed by atoms with van der Waals surface area (Å²) >= 11 is 5.35. The van der Waals surface area contributed by atoms with Crippen LogP contribution in [0.3, 0.4) is 0 Å². The van der Waals surface area contributed by atoms with E-state index in [9.17, 15) is 4.79 Å². The Labute approximate surface area is 216 Å². The van der Waals surface area contributed by atoms with Gasteiger partial charge >= 0.3 is 0 Å². The maximum Gasteiger partial charge on any atom is 0.257 e. The fraction of sp³-hybridized carbons (Fsp3) is 0.286. The number of benzene rings is 3. The van der Waals surface area contributed by atoms with Gasteiger partial charge in [0.05, 0.1) is 11.8 Å². The quantitative estimate of drug-likeness (QED) is 0.271. The lowest BCUT2D eigenvalue weighted by atomic mass is 10.1. The van der Waals surface area contributed by atoms with E-state index >= 15 is 0 Å². The summed E-state index contributed by atoms with van der Waals surface area (Å²) in [5.74, 6) is 0.437. The van der Waals surface area contributed by atoms with Gasteiger partial charge in [-0.1, -0.05) is 32.4 Å². The van der Waals surface area contributed by atoms with Gasteiger partial charge in [0.15, 0.2) is 5.11 Å². The third-order valence-electron chi connectivity index (χ3n) is 5.88. The van der Waals surface area contributed by atoms with Gasteiger partial charge in [0, 0.05) is 11.3 Å². The topological polar surface area (TPSA) is 81.1 Å². The molecule has 2 N–H and O–H groups in total. The SMILES string of the molecule is CCCCc1ccc(-n2nc3ccc(NC(=S)NC(=O)c4ccc(O[C@@H](C)CC)cc4)cc3n2)cc1. The van der Waals surface area contributed by atoms with Crippen LogP contribution < -0.4 is 15.4 Å². The summed E-state index contributed by atoms with van der Waals surface area (Å²) in [5, 5.41) is 15.2. The first-order valence-corrected chi connectivity index (χ1v) is 12.7. The van der Waals surface area contributed by atoms with E-state index in [4.69, 9.17) is 17.0 Å². The lowest BCUT2D eigenvalue weighted by molar-refractivity contribution is 0.0977. The highest BCUT2D eigenvalue weighted by atomic mass is 32.1. The van der Waals surface area contributed by atoms with Gasteiger partial charge in [-0.2, -0.15) is 4.80 Å². The number of unbranched alkanes of at least 4 members (excludes halogenated alkanes) is 1. The molecule has 186 valence electrons. The first kappa shape index (κ1) is 25.3. The molecule has 0 saturated carbocycles. The maximum absolute atomic E-state index is 12.6. The van der Waals surface area contributed by atoms with Gasteiger partial charge in [-0.25, -0.2) is 0 Å². The second kappa shape index (κ2) is 11.8. The smallest absolute Gasteiger partial charge is 0.257 e. The Bertz CT molecular complexity index is 1330. The molecular weight excluding hydrogens is 470 g/mol. The van der Waals surface area contributed by atoms with Crippen molar-refractivity contribution in [1.82, 2.24) is 20.3 Å². The number of nitrogens with zero attached hydrogens (tertiary/aromatic N) is 3. The molecule has 4 rings (SSSR count). The second-order valence-corrected chi connectivity index (χ2v) is 9.14. The van der Waals surface area contributed by atoms with Gasteiger partial charge in [-0.05, 0) is 98.6 Å². The lowest BCUT2D eigenvalue weighted by Gasteiger charge is -2.13. The van der Waals surface area contributed by atoms with Gasteiger partial charge in [-0.15, -0.1) is 10.2 Å². The summed E-state index contributed by atoms with van der Waals surface area (Å²) in [5.41, 5.74) is 4.92. The van der Waals surface area contributed by atoms with Crippen molar-refractivity contribution >= 4 is 40.0 Å². The van der Waals surface area contributed by atoms with Crippen LogP contribution in [0.15, 0.2) is 66.7 Å². The summed E-state index contributed by atoms with van der Waals surface area (Å²) < 4.78 is 5.76. The minimum atomic E-state index is -0.294. The van der Waals surface area contributed by atoms with Crippen molar-refractivity contribution in [3.8, 4) is 11.4 Å². The molecule has 7 nitrogen and oxygen atoms in total. The van der Waals surface area contributed by atoms with Crippen LogP contribution in [0.1, 0.15) is 56.0 Å². The summed E-state index contributed by atoms with van der Waals surface area (Å²) in [4.78, 5) is 14.2. The maximum atomic E-state index is 12.6. The Kier molecular flexibility index (Phi) is 8.28. The molecule has 1 atom stereocenters. The number of fused-ring (bicyclic) bond motifs is 1. The van der Waals surface area contributed by atoms with Crippen molar-refractivity contribution in [1.29, 1.82) is 0 Å². The van der Waals surface area contributed by atoms with Crippen LogP contribution in [0.4, 0.5) is 5.69 Å². The number of rotatable bonds is 9. The zero-order chi connectivity index (χ0) is 25.5. The Morgan fingerprint density at radius 2 is 1.72 bits per heavy atom. The van der Waals surface area contributed by atoms with E-state index < -0.39 is 0 Å². The third-order valence-corrected chi connectivity index (χ3v) is 6.08. The third kappa shape index (κ3) is 6.46. The van der Waals surface area contributed by atoms with Gasteiger partial charge in [0.1, 0.15) is 16.8 Å². The first-order chi connectivity index (χ1) is 17.4. The molecule has 0 unspecified atom stereocenters. The largest absolute Gasteiger partial charge is 0.491 e. The molecule has 36 heavy (non-hydrogen) atoms. The van der Waals surface area contributed by atoms with E-state index in [1.807, 2.05) is 37.3 Å². The van der Waals surface area contributed by atoms with Crippen LogP contribution >= 0.6 is 12.2 Å². The Morgan fingerprint density at radius 3 is 2.42 bits per heavy atom. The lowest BCUT2D eigenvalue weighted by Crippen LogP contribution is -2.34. The number of thiocarbonyl (C=S) groups is 1. The molecule has 0 aliphatic rings. The fourth-order valence-corrected chi connectivity index (χ4v) is 3.83. The van der Waals surface area contributed by atoms with E-state index in [0.29, 0.717) is 11.3 Å². The minimum Gasteiger partial charge on any atom is -0.491 e. The van der Waals surface area contributed by atoms with Crippen LogP contribution in [-0.2, 0) is 6.42 Å². The molecule has 1 aromatic heterocycles. The molecular formula is C28H31N5O2S.